The molecule has 10 heteroatoms. The van der Waals surface area contributed by atoms with Crippen LogP contribution in [0.25, 0.3) is 22.0 Å². The molecule has 2 N–H and O–H groups in total. The van der Waals surface area contributed by atoms with Gasteiger partial charge in [-0.3, -0.25) is 4.79 Å². The van der Waals surface area contributed by atoms with Gasteiger partial charge in [-0.25, -0.2) is 4.68 Å². The van der Waals surface area contributed by atoms with Crippen LogP contribution in [-0.2, 0) is 10.3 Å². The molecule has 0 spiro atoms. The van der Waals surface area contributed by atoms with Crippen molar-refractivity contribution in [2.24, 2.45) is 5.92 Å². The molecule has 50 heavy (non-hydrogen) atoms. The summed E-state index contributed by atoms with van der Waals surface area (Å²) in [6.45, 7) is -1.10. The number of carbonyl (C=O) groups excluding carboxylic acids is 1. The molecule has 1 aromatic heterocycles. The molecule has 5 aromatic carbocycles. The van der Waals surface area contributed by atoms with Crippen molar-refractivity contribution in [1.82, 2.24) is 15.1 Å². The normalized spacial score (nSPS) is 16.1. The van der Waals surface area contributed by atoms with Gasteiger partial charge in [-0.2, -0.15) is 23.5 Å². The Labute approximate surface area is 292 Å². The maximum absolute atomic E-state index is 13.7. The average Bonchev–Trinajstić information content (AvgIpc) is 3.46. The number of alkyl halides is 3. The first kappa shape index (κ1) is 33.1. The number of fused-ring (bicyclic) bond motifs is 1. The van der Waals surface area contributed by atoms with Gasteiger partial charge in [-0.15, -0.1) is 0 Å². The highest BCUT2D eigenvalue weighted by Crippen LogP contribution is 2.44. The molecule has 6 aromatic rings. The highest BCUT2D eigenvalue weighted by Gasteiger charge is 2.42. The van der Waals surface area contributed by atoms with Crippen LogP contribution < -0.4 is 10.6 Å². The van der Waals surface area contributed by atoms with Crippen molar-refractivity contribution in [1.29, 1.82) is 5.26 Å². The van der Waals surface area contributed by atoms with E-state index in [0.717, 1.165) is 22.3 Å². The van der Waals surface area contributed by atoms with Crippen LogP contribution in [0.3, 0.4) is 0 Å². The van der Waals surface area contributed by atoms with Crippen molar-refractivity contribution >= 4 is 34.2 Å². The van der Waals surface area contributed by atoms with E-state index in [1.54, 1.807) is 18.2 Å². The van der Waals surface area contributed by atoms with E-state index in [1.807, 2.05) is 77.5 Å². The largest absolute Gasteiger partial charge is 0.401 e. The smallest absolute Gasteiger partial charge is 0.308 e. The third-order valence-electron chi connectivity index (χ3n) is 9.32. The molecule has 0 bridgehead atoms. The molecule has 1 aliphatic carbocycles. The maximum Gasteiger partial charge on any atom is 0.401 e. The zero-order chi connectivity index (χ0) is 34.9. The average molecular weight is 690 g/mol. The number of hydrogen-bond donors (Lipinski definition) is 2. The SMILES string of the molecule is N#Cc1ccc(Cl)c(-c2ccc3c(c2)c(NC(=O)C2CC(NCC(F)(F)F)C2)nn3C(c2ccccc2)(c2ccccc2)c2ccccc2)c1. The van der Waals surface area contributed by atoms with Crippen LogP contribution in [0.15, 0.2) is 127 Å². The zero-order valence-electron chi connectivity index (χ0n) is 26.7. The molecule has 7 rings (SSSR count). The third-order valence-corrected chi connectivity index (χ3v) is 9.65. The highest BCUT2D eigenvalue weighted by molar-refractivity contribution is 6.33. The summed E-state index contributed by atoms with van der Waals surface area (Å²) in [7, 11) is 0. The molecular formula is C40H31ClF3N5O. The Morgan fingerprint density at radius 3 is 1.96 bits per heavy atom. The summed E-state index contributed by atoms with van der Waals surface area (Å²) in [5, 5.41) is 21.4. The number of anilines is 1. The van der Waals surface area contributed by atoms with Gasteiger partial charge in [0, 0.05) is 27.9 Å². The molecule has 6 nitrogen and oxygen atoms in total. The standard InChI is InChI=1S/C40H31ClF3N5O/c41-35-18-16-26(24-45)20-33(35)27-17-19-36-34(23-27)37(47-38(50)28-21-32(22-28)46-25-39(42,43)44)48-49(36)40(29-10-4-1-5-11-29,30-12-6-2-7-13-30)31-14-8-3-9-15-31/h1-20,23,28,32,46H,21-22,25H2,(H,47,48,50). The van der Waals surface area contributed by atoms with Crippen molar-refractivity contribution in [2.45, 2.75) is 30.6 Å². The number of carbonyl (C=O) groups is 1. The van der Waals surface area contributed by atoms with Gasteiger partial charge in [-0.05, 0) is 65.4 Å². The Morgan fingerprint density at radius 1 is 0.840 bits per heavy atom. The van der Waals surface area contributed by atoms with Gasteiger partial charge in [0.15, 0.2) is 5.82 Å². The predicted octanol–water partition coefficient (Wildman–Crippen LogP) is 8.94. The van der Waals surface area contributed by atoms with E-state index in [2.05, 4.69) is 53.1 Å². The molecule has 0 aliphatic heterocycles. The van der Waals surface area contributed by atoms with Crippen LogP contribution in [-0.4, -0.2) is 34.5 Å². The number of nitrogens with zero attached hydrogens (tertiary/aromatic N) is 3. The first-order valence-corrected chi connectivity index (χ1v) is 16.6. The number of hydrogen-bond acceptors (Lipinski definition) is 4. The van der Waals surface area contributed by atoms with Gasteiger partial charge in [0.1, 0.15) is 5.54 Å². The molecule has 1 amide bonds. The maximum atomic E-state index is 13.7. The second-order valence-electron chi connectivity index (χ2n) is 12.5. The second-order valence-corrected chi connectivity index (χ2v) is 12.9. The van der Waals surface area contributed by atoms with Crippen molar-refractivity contribution in [3.05, 3.63) is 155 Å². The van der Waals surface area contributed by atoms with Crippen molar-refractivity contribution in [3.8, 4) is 17.2 Å². The number of aromatic nitrogens is 2. The molecule has 1 saturated carbocycles. The van der Waals surface area contributed by atoms with Crippen molar-refractivity contribution in [3.63, 3.8) is 0 Å². The highest BCUT2D eigenvalue weighted by atomic mass is 35.5. The van der Waals surface area contributed by atoms with Gasteiger partial charge >= 0.3 is 6.18 Å². The number of nitriles is 1. The Kier molecular flexibility index (Phi) is 8.91. The third kappa shape index (κ3) is 6.24. The van der Waals surface area contributed by atoms with Crippen molar-refractivity contribution < 1.29 is 18.0 Å². The lowest BCUT2D eigenvalue weighted by molar-refractivity contribution is -0.130. The van der Waals surface area contributed by atoms with Crippen molar-refractivity contribution in [2.75, 3.05) is 11.9 Å². The lowest BCUT2D eigenvalue weighted by Gasteiger charge is -2.37. The molecule has 0 atom stereocenters. The van der Waals surface area contributed by atoms with Gasteiger partial charge < -0.3 is 10.6 Å². The quantitative estimate of drug-likeness (QED) is 0.149. The minimum absolute atomic E-state index is 0.282. The lowest BCUT2D eigenvalue weighted by Crippen LogP contribution is -2.48. The number of amides is 1. The van der Waals surface area contributed by atoms with E-state index in [9.17, 15) is 23.2 Å². The Bertz CT molecular complexity index is 2100. The summed E-state index contributed by atoms with van der Waals surface area (Å²) in [5.74, 6) is -0.493. The van der Waals surface area contributed by atoms with Crippen LogP contribution in [0.2, 0.25) is 5.02 Å². The van der Waals surface area contributed by atoms with Gasteiger partial charge in [0.25, 0.3) is 0 Å². The summed E-state index contributed by atoms with van der Waals surface area (Å²) < 4.78 is 40.3. The fraction of sp³-hybridized carbons (Fsp3) is 0.175. The van der Waals surface area contributed by atoms with E-state index in [-0.39, 0.29) is 18.7 Å². The van der Waals surface area contributed by atoms with Crippen LogP contribution in [0.1, 0.15) is 35.1 Å². The lowest BCUT2D eigenvalue weighted by atomic mass is 9.77. The molecule has 250 valence electrons. The second kappa shape index (κ2) is 13.5. The van der Waals surface area contributed by atoms with Gasteiger partial charge in [-0.1, -0.05) is 109 Å². The minimum Gasteiger partial charge on any atom is -0.308 e. The van der Waals surface area contributed by atoms with E-state index >= 15 is 0 Å². The summed E-state index contributed by atoms with van der Waals surface area (Å²) in [6.07, 6.45) is -3.76. The number of benzene rings is 5. The molecule has 0 radical (unpaired) electrons. The van der Waals surface area contributed by atoms with Gasteiger partial charge in [0.2, 0.25) is 5.91 Å². The number of nitrogens with one attached hydrogen (secondary N) is 2. The summed E-state index contributed by atoms with van der Waals surface area (Å²) in [6, 6.07) is 42.6. The van der Waals surface area contributed by atoms with E-state index in [0.29, 0.717) is 32.9 Å². The van der Waals surface area contributed by atoms with Crippen LogP contribution in [0.4, 0.5) is 19.0 Å². The van der Waals surface area contributed by atoms with Crippen LogP contribution >= 0.6 is 11.6 Å². The van der Waals surface area contributed by atoms with Crippen LogP contribution in [0.5, 0.6) is 0 Å². The zero-order valence-corrected chi connectivity index (χ0v) is 27.4. The molecule has 0 unspecified atom stereocenters. The van der Waals surface area contributed by atoms with Gasteiger partial charge in [0.05, 0.1) is 23.7 Å². The molecular weight excluding hydrogens is 659 g/mol. The summed E-state index contributed by atoms with van der Waals surface area (Å²) in [4.78, 5) is 13.7. The van der Waals surface area contributed by atoms with E-state index < -0.39 is 30.2 Å². The number of rotatable bonds is 9. The van der Waals surface area contributed by atoms with Crippen LogP contribution in [0, 0.1) is 17.2 Å². The van der Waals surface area contributed by atoms with E-state index in [1.165, 1.54) is 0 Å². The molecule has 1 heterocycles. The molecule has 1 fully saturated rings. The fourth-order valence-electron chi connectivity index (χ4n) is 6.83. The predicted molar refractivity (Wildman–Crippen MR) is 189 cm³/mol. The summed E-state index contributed by atoms with van der Waals surface area (Å²) in [5.41, 5.74) is 4.35. The summed E-state index contributed by atoms with van der Waals surface area (Å²) >= 11 is 6.64. The molecule has 0 saturated heterocycles. The number of halogens is 4. The first-order chi connectivity index (χ1) is 24.2. The fourth-order valence-corrected chi connectivity index (χ4v) is 7.06. The molecule has 1 aliphatic rings. The topological polar surface area (TPSA) is 82.7 Å². The monoisotopic (exact) mass is 689 g/mol. The first-order valence-electron chi connectivity index (χ1n) is 16.2. The Hall–Kier alpha value is -5.43. The van der Waals surface area contributed by atoms with E-state index in [4.69, 9.17) is 16.7 Å². The minimum atomic E-state index is -4.32. The Balaban J connectivity index is 1.41. The Morgan fingerprint density at radius 2 is 1.42 bits per heavy atom.